The first-order valence-corrected chi connectivity index (χ1v) is 7.71. The van der Waals surface area contributed by atoms with Crippen LogP contribution in [0, 0.1) is 5.82 Å². The summed E-state index contributed by atoms with van der Waals surface area (Å²) in [7, 11) is 2.06. The maximum absolute atomic E-state index is 12.8. The molecule has 0 atom stereocenters. The Morgan fingerprint density at radius 3 is 2.60 bits per heavy atom. The van der Waals surface area contributed by atoms with Crippen molar-refractivity contribution in [2.24, 2.45) is 0 Å². The van der Waals surface area contributed by atoms with Crippen LogP contribution in [0.1, 0.15) is 10.4 Å². The molecule has 1 N–H and O–H groups in total. The Hall–Kier alpha value is -0.940. The molecule has 1 heterocycles. The van der Waals surface area contributed by atoms with Gasteiger partial charge in [-0.3, -0.25) is 0 Å². The molecule has 0 bridgehead atoms. The fourth-order valence-electron chi connectivity index (χ4n) is 1.91. The standard InChI is InChI=1S/C15H18ClFN2S/c1-19(11-12-2-4-13(17)5-3-12)9-8-18-10-14-6-7-15(16)20-14/h2-7,18H,8-11H2,1H3. The smallest absolute Gasteiger partial charge is 0.123 e. The number of nitrogens with zero attached hydrogens (tertiary/aromatic N) is 1. The zero-order chi connectivity index (χ0) is 14.4. The molecule has 0 radical (unpaired) electrons. The van der Waals surface area contributed by atoms with E-state index in [0.29, 0.717) is 0 Å². The van der Waals surface area contributed by atoms with E-state index in [1.165, 1.54) is 17.0 Å². The van der Waals surface area contributed by atoms with Crippen LogP contribution in [0.5, 0.6) is 0 Å². The third kappa shape index (κ3) is 5.21. The highest BCUT2D eigenvalue weighted by molar-refractivity contribution is 7.16. The predicted molar refractivity (Wildman–Crippen MR) is 83.8 cm³/mol. The summed E-state index contributed by atoms with van der Waals surface area (Å²) in [5.41, 5.74) is 1.12. The third-order valence-electron chi connectivity index (χ3n) is 2.96. The molecule has 2 nitrogen and oxygen atoms in total. The first-order chi connectivity index (χ1) is 9.63. The number of likely N-dealkylation sites (N-methyl/N-ethyl adjacent to an activating group) is 1. The molecule has 0 aliphatic heterocycles. The molecule has 0 fully saturated rings. The van der Waals surface area contributed by atoms with Crippen molar-refractivity contribution in [1.82, 2.24) is 10.2 Å². The molecule has 0 aliphatic carbocycles. The van der Waals surface area contributed by atoms with Gasteiger partial charge in [0.25, 0.3) is 0 Å². The van der Waals surface area contributed by atoms with E-state index in [1.54, 1.807) is 11.3 Å². The molecular weight excluding hydrogens is 295 g/mol. The monoisotopic (exact) mass is 312 g/mol. The summed E-state index contributed by atoms with van der Waals surface area (Å²) in [6.45, 7) is 3.53. The van der Waals surface area contributed by atoms with Crippen molar-refractivity contribution in [3.63, 3.8) is 0 Å². The first kappa shape index (κ1) is 15.4. The number of benzene rings is 1. The molecule has 108 valence electrons. The lowest BCUT2D eigenvalue weighted by Gasteiger charge is -2.16. The second kappa shape index (κ2) is 7.74. The Bertz CT molecular complexity index is 527. The molecule has 2 rings (SSSR count). The number of hydrogen-bond donors (Lipinski definition) is 1. The van der Waals surface area contributed by atoms with Gasteiger partial charge in [-0.25, -0.2) is 4.39 Å². The summed E-state index contributed by atoms with van der Waals surface area (Å²) in [5.74, 6) is -0.187. The molecule has 0 spiro atoms. The van der Waals surface area contributed by atoms with E-state index in [9.17, 15) is 4.39 Å². The SMILES string of the molecule is CN(CCNCc1ccc(Cl)s1)Cc1ccc(F)cc1. The van der Waals surface area contributed by atoms with E-state index < -0.39 is 0 Å². The van der Waals surface area contributed by atoms with Gasteiger partial charge in [-0.05, 0) is 36.9 Å². The average molecular weight is 313 g/mol. The zero-order valence-electron chi connectivity index (χ0n) is 11.4. The molecule has 1 aromatic heterocycles. The van der Waals surface area contributed by atoms with Gasteiger partial charge in [0.05, 0.1) is 4.34 Å². The second-order valence-electron chi connectivity index (χ2n) is 4.75. The Morgan fingerprint density at radius 1 is 1.20 bits per heavy atom. The van der Waals surface area contributed by atoms with Gasteiger partial charge >= 0.3 is 0 Å². The lowest BCUT2D eigenvalue weighted by atomic mass is 10.2. The van der Waals surface area contributed by atoms with E-state index >= 15 is 0 Å². The second-order valence-corrected chi connectivity index (χ2v) is 6.55. The highest BCUT2D eigenvalue weighted by Crippen LogP contribution is 2.20. The quantitative estimate of drug-likeness (QED) is 0.783. The van der Waals surface area contributed by atoms with Crippen molar-refractivity contribution in [2.75, 3.05) is 20.1 Å². The van der Waals surface area contributed by atoms with E-state index in [4.69, 9.17) is 11.6 Å². The molecule has 5 heteroatoms. The van der Waals surface area contributed by atoms with E-state index in [1.807, 2.05) is 24.3 Å². The molecule has 1 aromatic carbocycles. The van der Waals surface area contributed by atoms with E-state index in [-0.39, 0.29) is 5.82 Å². The zero-order valence-corrected chi connectivity index (χ0v) is 13.0. The van der Waals surface area contributed by atoms with Crippen LogP contribution in [-0.2, 0) is 13.1 Å². The van der Waals surface area contributed by atoms with Crippen molar-refractivity contribution in [1.29, 1.82) is 0 Å². The topological polar surface area (TPSA) is 15.3 Å². The summed E-state index contributed by atoms with van der Waals surface area (Å²) < 4.78 is 13.6. The maximum Gasteiger partial charge on any atom is 0.123 e. The molecule has 0 saturated heterocycles. The number of hydrogen-bond acceptors (Lipinski definition) is 3. The van der Waals surface area contributed by atoms with Crippen LogP contribution < -0.4 is 5.32 Å². The van der Waals surface area contributed by atoms with Gasteiger partial charge in [0.1, 0.15) is 5.82 Å². The molecule has 20 heavy (non-hydrogen) atoms. The van der Waals surface area contributed by atoms with Crippen LogP contribution in [0.25, 0.3) is 0 Å². The van der Waals surface area contributed by atoms with Crippen molar-refractivity contribution >= 4 is 22.9 Å². The highest BCUT2D eigenvalue weighted by atomic mass is 35.5. The fourth-order valence-corrected chi connectivity index (χ4v) is 2.97. The van der Waals surface area contributed by atoms with Gasteiger partial charge in [0, 0.05) is 31.1 Å². The van der Waals surface area contributed by atoms with Crippen LogP contribution in [0.4, 0.5) is 4.39 Å². The Kier molecular flexibility index (Phi) is 5.98. The largest absolute Gasteiger partial charge is 0.311 e. The van der Waals surface area contributed by atoms with Crippen LogP contribution in [-0.4, -0.2) is 25.0 Å². The lowest BCUT2D eigenvalue weighted by molar-refractivity contribution is 0.324. The van der Waals surface area contributed by atoms with E-state index in [2.05, 4.69) is 17.3 Å². The van der Waals surface area contributed by atoms with Crippen molar-refractivity contribution < 1.29 is 4.39 Å². The van der Waals surface area contributed by atoms with Gasteiger partial charge in [-0.2, -0.15) is 0 Å². The van der Waals surface area contributed by atoms with Gasteiger partial charge in [0.15, 0.2) is 0 Å². The van der Waals surface area contributed by atoms with Crippen LogP contribution in [0.2, 0.25) is 4.34 Å². The van der Waals surface area contributed by atoms with Gasteiger partial charge in [-0.1, -0.05) is 23.7 Å². The summed E-state index contributed by atoms with van der Waals surface area (Å²) in [4.78, 5) is 3.46. The molecule has 2 aromatic rings. The van der Waals surface area contributed by atoms with Gasteiger partial charge < -0.3 is 10.2 Å². The molecule has 0 amide bonds. The van der Waals surface area contributed by atoms with Crippen molar-refractivity contribution in [3.05, 3.63) is 57.0 Å². The number of thiophene rings is 1. The minimum absolute atomic E-state index is 0.187. The Labute approximate surface area is 128 Å². The lowest BCUT2D eigenvalue weighted by Crippen LogP contribution is -2.28. The summed E-state index contributed by atoms with van der Waals surface area (Å²) in [6.07, 6.45) is 0. The summed E-state index contributed by atoms with van der Waals surface area (Å²) in [6, 6.07) is 10.6. The predicted octanol–water partition coefficient (Wildman–Crippen LogP) is 3.76. The van der Waals surface area contributed by atoms with Crippen LogP contribution in [0.3, 0.4) is 0 Å². The summed E-state index contributed by atoms with van der Waals surface area (Å²) >= 11 is 7.49. The van der Waals surface area contributed by atoms with Crippen molar-refractivity contribution in [3.8, 4) is 0 Å². The third-order valence-corrected chi connectivity index (χ3v) is 4.20. The molecule has 0 aliphatic rings. The molecule has 0 unspecified atom stereocenters. The maximum atomic E-state index is 12.8. The number of halogens is 2. The Morgan fingerprint density at radius 2 is 1.95 bits per heavy atom. The summed E-state index contributed by atoms with van der Waals surface area (Å²) in [5, 5.41) is 3.39. The Balaban J connectivity index is 1.65. The molecule has 0 saturated carbocycles. The number of nitrogens with one attached hydrogen (secondary N) is 1. The van der Waals surface area contributed by atoms with Gasteiger partial charge in [0.2, 0.25) is 0 Å². The first-order valence-electron chi connectivity index (χ1n) is 6.51. The van der Waals surface area contributed by atoms with Crippen LogP contribution in [0.15, 0.2) is 36.4 Å². The van der Waals surface area contributed by atoms with Crippen molar-refractivity contribution in [2.45, 2.75) is 13.1 Å². The minimum Gasteiger partial charge on any atom is -0.311 e. The highest BCUT2D eigenvalue weighted by Gasteiger charge is 2.01. The minimum atomic E-state index is -0.187. The van der Waals surface area contributed by atoms with E-state index in [0.717, 1.165) is 36.1 Å². The fraction of sp³-hybridized carbons (Fsp3) is 0.333. The van der Waals surface area contributed by atoms with Crippen LogP contribution >= 0.6 is 22.9 Å². The van der Waals surface area contributed by atoms with Gasteiger partial charge in [-0.15, -0.1) is 11.3 Å². The average Bonchev–Trinajstić information content (AvgIpc) is 2.83. The molecular formula is C15H18ClFN2S. The number of rotatable bonds is 7. The normalized spacial score (nSPS) is 11.2.